The van der Waals surface area contributed by atoms with E-state index in [1.165, 1.54) is 0 Å². The van der Waals surface area contributed by atoms with E-state index in [-0.39, 0.29) is 12.4 Å². The molecule has 2 fully saturated rings. The number of carbonyl (C=O) groups is 2. The van der Waals surface area contributed by atoms with Crippen molar-refractivity contribution in [3.63, 3.8) is 0 Å². The molecular weight excluding hydrogens is 311 g/mol. The molecule has 1 aromatic carbocycles. The molecule has 0 amide bonds. The molecule has 1 unspecified atom stereocenters. The van der Waals surface area contributed by atoms with Crippen LogP contribution in [0, 0.1) is 5.41 Å². The van der Waals surface area contributed by atoms with Crippen LogP contribution in [0.25, 0.3) is 0 Å². The van der Waals surface area contributed by atoms with Crippen molar-refractivity contribution < 1.29 is 14.3 Å². The van der Waals surface area contributed by atoms with E-state index in [1.54, 1.807) is 18.2 Å². The number of cyclic esters (lactones) is 1. The van der Waals surface area contributed by atoms with Gasteiger partial charge in [-0.05, 0) is 30.5 Å². The molecule has 3 rings (SSSR count). The number of ether oxygens (including phenoxy) is 1. The minimum atomic E-state index is -0.915. The second kappa shape index (κ2) is 5.62. The van der Waals surface area contributed by atoms with Crippen LogP contribution in [0.1, 0.15) is 43.6 Å². The number of hydrogen-bond donors (Lipinski definition) is 0. The third-order valence-corrected chi connectivity index (χ3v) is 5.16. The molecule has 0 N–H and O–H groups in total. The zero-order valence-electron chi connectivity index (χ0n) is 11.5. The molecule has 1 aliphatic heterocycles. The molecule has 1 saturated carbocycles. The number of carbonyl (C=O) groups excluding carboxylic acids is 2. The zero-order valence-corrected chi connectivity index (χ0v) is 13.0. The highest BCUT2D eigenvalue weighted by molar-refractivity contribution is 6.35. The van der Waals surface area contributed by atoms with Crippen molar-refractivity contribution in [2.24, 2.45) is 5.41 Å². The Morgan fingerprint density at radius 2 is 1.81 bits per heavy atom. The maximum absolute atomic E-state index is 13.0. The lowest BCUT2D eigenvalue weighted by molar-refractivity contribution is -0.166. The zero-order chi connectivity index (χ0) is 15.0. The van der Waals surface area contributed by atoms with Crippen molar-refractivity contribution in [3.8, 4) is 0 Å². The van der Waals surface area contributed by atoms with Gasteiger partial charge in [-0.25, -0.2) is 0 Å². The molecule has 1 aliphatic carbocycles. The molecule has 3 nitrogen and oxygen atoms in total. The lowest BCUT2D eigenvalue weighted by Crippen LogP contribution is -2.48. The molecule has 0 bridgehead atoms. The van der Waals surface area contributed by atoms with E-state index in [9.17, 15) is 9.59 Å². The Morgan fingerprint density at radius 3 is 2.48 bits per heavy atom. The molecule has 1 heterocycles. The van der Waals surface area contributed by atoms with E-state index in [4.69, 9.17) is 27.9 Å². The predicted octanol–water partition coefficient (Wildman–Crippen LogP) is 4.15. The fraction of sp³-hybridized carbons (Fsp3) is 0.500. The standard InChI is InChI=1S/C16H16Cl2O3/c17-10-4-5-11(12(18)8-10)13-14(19)16(9-21-15(13)20)6-2-1-3-7-16/h4-5,8,13H,1-3,6-7,9H2. The summed E-state index contributed by atoms with van der Waals surface area (Å²) in [7, 11) is 0. The SMILES string of the molecule is O=C1OCC2(CCCCC2)C(=O)C1c1ccc(Cl)cc1Cl. The Hall–Kier alpha value is -1.06. The first kappa shape index (κ1) is 14.9. The van der Waals surface area contributed by atoms with Gasteiger partial charge in [0.05, 0.1) is 5.41 Å². The highest BCUT2D eigenvalue weighted by atomic mass is 35.5. The number of halogens is 2. The van der Waals surface area contributed by atoms with E-state index in [2.05, 4.69) is 0 Å². The summed E-state index contributed by atoms with van der Waals surface area (Å²) in [4.78, 5) is 25.1. The number of benzene rings is 1. The number of Topliss-reactive ketones (excluding diaryl/α,β-unsaturated/α-hetero) is 1. The lowest BCUT2D eigenvalue weighted by Gasteiger charge is -2.41. The molecule has 112 valence electrons. The Morgan fingerprint density at radius 1 is 1.10 bits per heavy atom. The van der Waals surface area contributed by atoms with E-state index >= 15 is 0 Å². The van der Waals surface area contributed by atoms with Gasteiger partial charge in [0.1, 0.15) is 12.5 Å². The Bertz CT molecular complexity index is 591. The third-order valence-electron chi connectivity index (χ3n) is 4.60. The van der Waals surface area contributed by atoms with E-state index in [0.29, 0.717) is 15.6 Å². The van der Waals surface area contributed by atoms with Crippen LogP contribution in [-0.4, -0.2) is 18.4 Å². The van der Waals surface area contributed by atoms with Gasteiger partial charge in [0, 0.05) is 10.0 Å². The summed E-state index contributed by atoms with van der Waals surface area (Å²) in [6, 6.07) is 4.85. The van der Waals surface area contributed by atoms with Crippen molar-refractivity contribution in [1.82, 2.24) is 0 Å². The summed E-state index contributed by atoms with van der Waals surface area (Å²) < 4.78 is 5.34. The third kappa shape index (κ3) is 2.58. The number of rotatable bonds is 1. The maximum Gasteiger partial charge on any atom is 0.321 e. The van der Waals surface area contributed by atoms with Gasteiger partial charge in [0.2, 0.25) is 0 Å². The van der Waals surface area contributed by atoms with E-state index in [0.717, 1.165) is 32.1 Å². The van der Waals surface area contributed by atoms with Crippen molar-refractivity contribution >= 4 is 35.0 Å². The first-order chi connectivity index (χ1) is 10.0. The molecule has 1 atom stereocenters. The maximum atomic E-state index is 13.0. The summed E-state index contributed by atoms with van der Waals surface area (Å²) in [6.45, 7) is 0.215. The van der Waals surface area contributed by atoms with Crippen LogP contribution >= 0.6 is 23.2 Å². The van der Waals surface area contributed by atoms with Gasteiger partial charge >= 0.3 is 5.97 Å². The Balaban J connectivity index is 1.99. The average molecular weight is 327 g/mol. The van der Waals surface area contributed by atoms with E-state index in [1.807, 2.05) is 0 Å². The highest BCUT2D eigenvalue weighted by Gasteiger charge is 2.51. The molecule has 0 aromatic heterocycles. The first-order valence-corrected chi connectivity index (χ1v) is 7.95. The molecule has 5 heteroatoms. The van der Waals surface area contributed by atoms with Gasteiger partial charge in [-0.1, -0.05) is 48.5 Å². The van der Waals surface area contributed by atoms with Crippen LogP contribution in [0.2, 0.25) is 10.0 Å². The molecule has 1 saturated heterocycles. The van der Waals surface area contributed by atoms with E-state index < -0.39 is 17.3 Å². The first-order valence-electron chi connectivity index (χ1n) is 7.19. The van der Waals surface area contributed by atoms with Gasteiger partial charge < -0.3 is 4.74 Å². The van der Waals surface area contributed by atoms with Crippen LogP contribution in [0.5, 0.6) is 0 Å². The normalized spacial score (nSPS) is 25.0. The van der Waals surface area contributed by atoms with Crippen LogP contribution in [0.4, 0.5) is 0 Å². The fourth-order valence-electron chi connectivity index (χ4n) is 3.40. The predicted molar refractivity (Wildman–Crippen MR) is 80.7 cm³/mol. The smallest absolute Gasteiger partial charge is 0.321 e. The van der Waals surface area contributed by atoms with Gasteiger partial charge in [-0.2, -0.15) is 0 Å². The van der Waals surface area contributed by atoms with Crippen molar-refractivity contribution in [2.45, 2.75) is 38.0 Å². The summed E-state index contributed by atoms with van der Waals surface area (Å²) in [5, 5.41) is 0.818. The summed E-state index contributed by atoms with van der Waals surface area (Å²) in [6.07, 6.45) is 4.73. The van der Waals surface area contributed by atoms with Gasteiger partial charge in [-0.15, -0.1) is 0 Å². The largest absolute Gasteiger partial charge is 0.464 e. The fourth-order valence-corrected chi connectivity index (χ4v) is 3.92. The van der Waals surface area contributed by atoms with Gasteiger partial charge in [0.15, 0.2) is 5.78 Å². The van der Waals surface area contributed by atoms with Crippen molar-refractivity contribution in [3.05, 3.63) is 33.8 Å². The number of ketones is 1. The monoisotopic (exact) mass is 326 g/mol. The minimum Gasteiger partial charge on any atom is -0.464 e. The van der Waals surface area contributed by atoms with Crippen molar-refractivity contribution in [2.75, 3.05) is 6.61 Å². The van der Waals surface area contributed by atoms with Gasteiger partial charge in [-0.3, -0.25) is 9.59 Å². The quantitative estimate of drug-likeness (QED) is 0.575. The Labute approximate surface area is 133 Å². The van der Waals surface area contributed by atoms with Crippen LogP contribution in [0.15, 0.2) is 18.2 Å². The Kier molecular flexibility index (Phi) is 3.98. The van der Waals surface area contributed by atoms with Crippen LogP contribution < -0.4 is 0 Å². The summed E-state index contributed by atoms with van der Waals surface area (Å²) in [5.41, 5.74) is -0.0134. The number of hydrogen-bond acceptors (Lipinski definition) is 3. The topological polar surface area (TPSA) is 43.4 Å². The minimum absolute atomic E-state index is 0.0392. The molecule has 1 spiro atoms. The second-order valence-corrected chi connectivity index (χ2v) is 6.76. The molecule has 2 aliphatic rings. The van der Waals surface area contributed by atoms with Gasteiger partial charge in [0.25, 0.3) is 0 Å². The lowest BCUT2D eigenvalue weighted by atomic mass is 9.66. The average Bonchev–Trinajstić information content (AvgIpc) is 2.47. The molecule has 1 aromatic rings. The van der Waals surface area contributed by atoms with Crippen LogP contribution in [0.3, 0.4) is 0 Å². The molecule has 0 radical (unpaired) electrons. The number of esters is 1. The summed E-state index contributed by atoms with van der Waals surface area (Å²) in [5.74, 6) is -1.45. The summed E-state index contributed by atoms with van der Waals surface area (Å²) >= 11 is 12.1. The molecule has 21 heavy (non-hydrogen) atoms. The van der Waals surface area contributed by atoms with Crippen molar-refractivity contribution in [1.29, 1.82) is 0 Å². The van der Waals surface area contributed by atoms with Crippen LogP contribution in [-0.2, 0) is 14.3 Å². The molecular formula is C16H16Cl2O3. The second-order valence-electron chi connectivity index (χ2n) is 5.91. The highest BCUT2D eigenvalue weighted by Crippen LogP contribution is 2.45.